The molecule has 0 aliphatic rings. The highest BCUT2D eigenvalue weighted by Crippen LogP contribution is 2.21. The average Bonchev–Trinajstić information content (AvgIpc) is 2.64. The van der Waals surface area contributed by atoms with Crippen LogP contribution in [-0.2, 0) is 16.0 Å². The monoisotopic (exact) mass is 321 g/mol. The van der Waals surface area contributed by atoms with Gasteiger partial charge in [0.25, 0.3) is 0 Å². The van der Waals surface area contributed by atoms with Crippen LogP contribution >= 0.6 is 27.3 Å². The number of hydrogen-bond acceptors (Lipinski definition) is 4. The lowest BCUT2D eigenvalue weighted by molar-refractivity contribution is -0.145. The number of thiophene rings is 1. The lowest BCUT2D eigenvalue weighted by atomic mass is 10.3. The van der Waals surface area contributed by atoms with Crippen molar-refractivity contribution in [1.29, 1.82) is 0 Å². The Labute approximate surface area is 116 Å². The molecule has 0 amide bonds. The Balaban J connectivity index is 2.38. The Kier molecular flexibility index (Phi) is 7.30. The Morgan fingerprint density at radius 2 is 2.00 bits per heavy atom. The second-order valence-electron chi connectivity index (χ2n) is 3.80. The summed E-state index contributed by atoms with van der Waals surface area (Å²) in [7, 11) is 2.08. The van der Waals surface area contributed by atoms with Gasteiger partial charge >= 0.3 is 0 Å². The molecule has 5 heteroatoms. The molecule has 0 spiro atoms. The first kappa shape index (κ1) is 15.1. The van der Waals surface area contributed by atoms with Crippen molar-refractivity contribution < 1.29 is 9.47 Å². The molecule has 0 unspecified atom stereocenters. The number of nitrogens with zero attached hydrogens (tertiary/aromatic N) is 1. The van der Waals surface area contributed by atoms with Crippen LogP contribution in [0.3, 0.4) is 0 Å². The van der Waals surface area contributed by atoms with Gasteiger partial charge in [-0.2, -0.15) is 0 Å². The van der Waals surface area contributed by atoms with Gasteiger partial charge in [0.15, 0.2) is 6.29 Å². The molecule has 1 aromatic heterocycles. The van der Waals surface area contributed by atoms with Gasteiger partial charge in [-0.3, -0.25) is 4.90 Å². The van der Waals surface area contributed by atoms with E-state index >= 15 is 0 Å². The third-order valence-corrected chi connectivity index (χ3v) is 3.79. The van der Waals surface area contributed by atoms with Gasteiger partial charge in [0.2, 0.25) is 0 Å². The molecule has 0 atom stereocenters. The van der Waals surface area contributed by atoms with Crippen LogP contribution in [0.5, 0.6) is 0 Å². The van der Waals surface area contributed by atoms with Gasteiger partial charge < -0.3 is 9.47 Å². The first-order chi connectivity index (χ1) is 8.15. The molecule has 0 N–H and O–H groups in total. The van der Waals surface area contributed by atoms with Crippen molar-refractivity contribution in [2.24, 2.45) is 0 Å². The maximum atomic E-state index is 5.53. The summed E-state index contributed by atoms with van der Waals surface area (Å²) in [5.74, 6) is 0. The van der Waals surface area contributed by atoms with Crippen molar-refractivity contribution in [1.82, 2.24) is 4.90 Å². The number of ether oxygens (including phenoxy) is 2. The predicted octanol–water partition coefficient (Wildman–Crippen LogP) is 3.34. The number of hydrogen-bond donors (Lipinski definition) is 0. The van der Waals surface area contributed by atoms with Gasteiger partial charge in [0.05, 0.1) is 3.79 Å². The van der Waals surface area contributed by atoms with Gasteiger partial charge in [0, 0.05) is 26.3 Å². The minimum absolute atomic E-state index is 0.128. The molecule has 98 valence electrons. The van der Waals surface area contributed by atoms with Crippen LogP contribution in [0.15, 0.2) is 15.2 Å². The SMILES string of the molecule is CCOC(CN(C)Cc1csc(Br)c1)OCC. The minimum atomic E-state index is -0.128. The van der Waals surface area contributed by atoms with Crippen LogP contribution < -0.4 is 0 Å². The van der Waals surface area contributed by atoms with E-state index in [1.807, 2.05) is 13.8 Å². The highest BCUT2D eigenvalue weighted by molar-refractivity contribution is 9.11. The zero-order valence-corrected chi connectivity index (χ0v) is 13.0. The maximum Gasteiger partial charge on any atom is 0.170 e. The summed E-state index contributed by atoms with van der Waals surface area (Å²) in [5.41, 5.74) is 1.32. The van der Waals surface area contributed by atoms with Crippen molar-refractivity contribution in [3.05, 3.63) is 20.8 Å². The van der Waals surface area contributed by atoms with E-state index in [9.17, 15) is 0 Å². The topological polar surface area (TPSA) is 21.7 Å². The molecule has 0 aliphatic heterocycles. The highest BCUT2D eigenvalue weighted by Gasteiger charge is 2.12. The third kappa shape index (κ3) is 5.97. The molecule has 1 rings (SSSR count). The molecule has 1 heterocycles. The fourth-order valence-electron chi connectivity index (χ4n) is 1.58. The fraction of sp³-hybridized carbons (Fsp3) is 0.667. The summed E-state index contributed by atoms with van der Waals surface area (Å²) >= 11 is 5.19. The van der Waals surface area contributed by atoms with Crippen molar-refractivity contribution in [2.75, 3.05) is 26.8 Å². The number of rotatable bonds is 8. The highest BCUT2D eigenvalue weighted by atomic mass is 79.9. The summed E-state index contributed by atoms with van der Waals surface area (Å²) in [4.78, 5) is 2.21. The van der Waals surface area contributed by atoms with Crippen LogP contribution in [0.1, 0.15) is 19.4 Å². The molecule has 0 bridgehead atoms. The molecule has 0 fully saturated rings. The smallest absolute Gasteiger partial charge is 0.170 e. The second kappa shape index (κ2) is 8.21. The molecule has 17 heavy (non-hydrogen) atoms. The Morgan fingerprint density at radius 3 is 2.47 bits per heavy atom. The van der Waals surface area contributed by atoms with E-state index in [4.69, 9.17) is 9.47 Å². The third-order valence-electron chi connectivity index (χ3n) is 2.24. The van der Waals surface area contributed by atoms with Gasteiger partial charge in [-0.25, -0.2) is 0 Å². The second-order valence-corrected chi connectivity index (χ2v) is 6.09. The number of likely N-dealkylation sites (N-methyl/N-ethyl adjacent to an activating group) is 1. The van der Waals surface area contributed by atoms with Crippen LogP contribution in [-0.4, -0.2) is 38.0 Å². The van der Waals surface area contributed by atoms with E-state index in [0.29, 0.717) is 13.2 Å². The Morgan fingerprint density at radius 1 is 1.35 bits per heavy atom. The van der Waals surface area contributed by atoms with E-state index < -0.39 is 0 Å². The maximum absolute atomic E-state index is 5.53. The summed E-state index contributed by atoms with van der Waals surface area (Å²) in [6.07, 6.45) is -0.128. The molecule has 0 aromatic carbocycles. The van der Waals surface area contributed by atoms with Crippen LogP contribution in [0, 0.1) is 0 Å². The summed E-state index contributed by atoms with van der Waals surface area (Å²) in [6.45, 7) is 7.04. The van der Waals surface area contributed by atoms with Crippen molar-refractivity contribution >= 4 is 27.3 Å². The molecular formula is C12H20BrNO2S. The van der Waals surface area contributed by atoms with Crippen LogP contribution in [0.4, 0.5) is 0 Å². The zero-order chi connectivity index (χ0) is 12.7. The van der Waals surface area contributed by atoms with E-state index in [0.717, 1.165) is 13.1 Å². The summed E-state index contributed by atoms with van der Waals surface area (Å²) < 4.78 is 12.2. The standard InChI is InChI=1S/C12H20BrNO2S/c1-4-15-12(16-5-2)8-14(3)7-10-6-11(13)17-9-10/h6,9,12H,4-5,7-8H2,1-3H3. The lowest BCUT2D eigenvalue weighted by Gasteiger charge is -2.23. The first-order valence-electron chi connectivity index (χ1n) is 5.80. The number of halogens is 1. The summed E-state index contributed by atoms with van der Waals surface area (Å²) in [5, 5.41) is 2.16. The van der Waals surface area contributed by atoms with Crippen molar-refractivity contribution in [3.63, 3.8) is 0 Å². The van der Waals surface area contributed by atoms with E-state index in [1.165, 1.54) is 9.35 Å². The van der Waals surface area contributed by atoms with Crippen molar-refractivity contribution in [2.45, 2.75) is 26.7 Å². The molecule has 0 radical (unpaired) electrons. The Bertz CT molecular complexity index is 313. The molecule has 0 aliphatic carbocycles. The molecule has 0 saturated heterocycles. The Hall–Kier alpha value is 0.0600. The van der Waals surface area contributed by atoms with Gasteiger partial charge in [-0.1, -0.05) is 0 Å². The molecular weight excluding hydrogens is 302 g/mol. The summed E-state index contributed by atoms with van der Waals surface area (Å²) in [6, 6.07) is 2.15. The lowest BCUT2D eigenvalue weighted by Crippen LogP contribution is -2.32. The quantitative estimate of drug-likeness (QED) is 0.685. The molecule has 1 aromatic rings. The molecule has 0 saturated carbocycles. The van der Waals surface area contributed by atoms with E-state index in [2.05, 4.69) is 39.3 Å². The first-order valence-corrected chi connectivity index (χ1v) is 7.47. The fourth-order valence-corrected chi connectivity index (χ4v) is 2.79. The van der Waals surface area contributed by atoms with Gasteiger partial charge in [0.1, 0.15) is 0 Å². The van der Waals surface area contributed by atoms with E-state index in [-0.39, 0.29) is 6.29 Å². The zero-order valence-electron chi connectivity index (χ0n) is 10.6. The normalized spacial score (nSPS) is 11.6. The van der Waals surface area contributed by atoms with Gasteiger partial charge in [-0.15, -0.1) is 11.3 Å². The van der Waals surface area contributed by atoms with Crippen LogP contribution in [0.25, 0.3) is 0 Å². The van der Waals surface area contributed by atoms with E-state index in [1.54, 1.807) is 11.3 Å². The minimum Gasteiger partial charge on any atom is -0.352 e. The molecule has 3 nitrogen and oxygen atoms in total. The average molecular weight is 322 g/mol. The largest absolute Gasteiger partial charge is 0.352 e. The predicted molar refractivity (Wildman–Crippen MR) is 75.4 cm³/mol. The van der Waals surface area contributed by atoms with Gasteiger partial charge in [-0.05, 0) is 53.8 Å². The van der Waals surface area contributed by atoms with Crippen LogP contribution in [0.2, 0.25) is 0 Å². The van der Waals surface area contributed by atoms with Crippen molar-refractivity contribution in [3.8, 4) is 0 Å².